The Morgan fingerprint density at radius 2 is 1.91 bits per heavy atom. The Bertz CT molecular complexity index is 1820. The average molecular weight is 621 g/mol. The Labute approximate surface area is 252 Å². The molecule has 2 saturated heterocycles. The van der Waals surface area contributed by atoms with Gasteiger partial charge in [0, 0.05) is 79.5 Å². The van der Waals surface area contributed by atoms with Crippen LogP contribution < -0.4 is 4.73 Å². The van der Waals surface area contributed by atoms with E-state index >= 15 is 0 Å². The zero-order valence-corrected chi connectivity index (χ0v) is 24.6. The second kappa shape index (κ2) is 11.8. The van der Waals surface area contributed by atoms with E-state index < -0.39 is 16.1 Å². The molecule has 2 aliphatic heterocycles. The fraction of sp³-hybridized carbons (Fsp3) is 0.310. The number of carbonyl (C=O) groups excluding carboxylic acids is 2. The molecule has 1 N–H and O–H groups in total. The third-order valence-corrected chi connectivity index (χ3v) is 10.5. The minimum Gasteiger partial charge on any atom is -0.619 e. The summed E-state index contributed by atoms with van der Waals surface area (Å²) < 4.78 is 34.9. The molecule has 2 amide bonds. The smallest absolute Gasteiger partial charge is 0.283 e. The number of nitrogens with zero attached hydrogens (tertiary/aromatic N) is 5. The van der Waals surface area contributed by atoms with Gasteiger partial charge < -0.3 is 24.7 Å². The van der Waals surface area contributed by atoms with E-state index in [0.717, 1.165) is 5.56 Å². The second-order valence-electron chi connectivity index (χ2n) is 10.3. The number of morpholine rings is 1. The van der Waals surface area contributed by atoms with E-state index in [1.165, 1.54) is 28.0 Å². The Balaban J connectivity index is 1.26. The predicted molar refractivity (Wildman–Crippen MR) is 158 cm³/mol. The summed E-state index contributed by atoms with van der Waals surface area (Å²) in [5, 5.41) is 12.3. The molecule has 14 heteroatoms. The lowest BCUT2D eigenvalue weighted by molar-refractivity contribution is -0.605. The van der Waals surface area contributed by atoms with Gasteiger partial charge in [0.15, 0.2) is 17.4 Å². The molecule has 4 aromatic rings. The van der Waals surface area contributed by atoms with Crippen molar-refractivity contribution >= 4 is 44.1 Å². The van der Waals surface area contributed by atoms with Gasteiger partial charge in [-0.05, 0) is 24.3 Å². The number of fused-ring (bicyclic) bond motifs is 1. The number of carbonyl (C=O) groups is 2. The van der Waals surface area contributed by atoms with Crippen LogP contribution in [0.25, 0.3) is 21.3 Å². The molecule has 43 heavy (non-hydrogen) atoms. The van der Waals surface area contributed by atoms with Crippen LogP contribution >= 0.6 is 11.3 Å². The summed E-state index contributed by atoms with van der Waals surface area (Å²) in [5.41, 5.74) is 2.01. The first-order valence-corrected chi connectivity index (χ1v) is 15.9. The lowest BCUT2D eigenvalue weighted by atomic mass is 10.1. The molecule has 1 aromatic carbocycles. The molecule has 12 nitrogen and oxygen atoms in total. The van der Waals surface area contributed by atoms with Gasteiger partial charge in [0.2, 0.25) is 5.91 Å². The predicted octanol–water partition coefficient (Wildman–Crippen LogP) is 1.67. The quantitative estimate of drug-likeness (QED) is 0.196. The molecule has 3 aromatic heterocycles. The van der Waals surface area contributed by atoms with Crippen LogP contribution in [0.2, 0.25) is 0 Å². The number of thiazole rings is 1. The number of terminal acetylenes is 1. The second-order valence-corrected chi connectivity index (χ2v) is 13.2. The maximum absolute atomic E-state index is 13.8. The van der Waals surface area contributed by atoms with E-state index in [0.29, 0.717) is 52.4 Å². The van der Waals surface area contributed by atoms with Crippen molar-refractivity contribution in [1.29, 1.82) is 0 Å². The van der Waals surface area contributed by atoms with Crippen LogP contribution in [0.1, 0.15) is 21.8 Å². The SMILES string of the molecule is C#Cc1ccc2[nH]c(S(=O)(=O)N3CCN(C(=O)c4ncc(-c5cc[n+]([O-])cc5)s4)C(CC(=O)N4CCOCC4)C3)cc2c1. The fourth-order valence-corrected chi connectivity index (χ4v) is 7.67. The number of hydrogen-bond donors (Lipinski definition) is 1. The summed E-state index contributed by atoms with van der Waals surface area (Å²) in [6, 6.07) is 9.31. The number of amides is 2. The van der Waals surface area contributed by atoms with Crippen molar-refractivity contribution in [3.63, 3.8) is 0 Å². The standard InChI is InChI=1S/C29H28N6O6S2/c1-2-20-3-4-24-22(15-20)16-26(31-24)43(39,40)34-9-10-35(23(19-34)17-27(36)32-11-13-41-14-12-32)29(37)28-30-18-25(42-28)21-5-7-33(38)8-6-21/h1,3-8,15-16,18,23,31H,9-14,17,19H2. The zero-order valence-electron chi connectivity index (χ0n) is 23.0. The molecule has 0 aliphatic carbocycles. The summed E-state index contributed by atoms with van der Waals surface area (Å²) in [6.45, 7) is 1.79. The van der Waals surface area contributed by atoms with E-state index in [4.69, 9.17) is 11.2 Å². The van der Waals surface area contributed by atoms with Crippen molar-refractivity contribution in [3.05, 3.63) is 70.8 Å². The maximum Gasteiger partial charge on any atom is 0.283 e. The number of benzene rings is 1. The molecule has 222 valence electrons. The lowest BCUT2D eigenvalue weighted by Crippen LogP contribution is -2.58. The first kappa shape index (κ1) is 28.8. The largest absolute Gasteiger partial charge is 0.619 e. The number of sulfonamides is 1. The van der Waals surface area contributed by atoms with Crippen LogP contribution in [-0.4, -0.2) is 96.3 Å². The minimum absolute atomic E-state index is 0.0153. The van der Waals surface area contributed by atoms with Crippen LogP contribution in [0.3, 0.4) is 0 Å². The highest BCUT2D eigenvalue weighted by Crippen LogP contribution is 2.29. The van der Waals surface area contributed by atoms with Crippen molar-refractivity contribution < 1.29 is 27.5 Å². The van der Waals surface area contributed by atoms with Crippen LogP contribution in [-0.2, 0) is 19.6 Å². The van der Waals surface area contributed by atoms with Gasteiger partial charge in [-0.15, -0.1) is 17.8 Å². The van der Waals surface area contributed by atoms with Gasteiger partial charge in [-0.1, -0.05) is 5.92 Å². The molecule has 5 heterocycles. The lowest BCUT2D eigenvalue weighted by Gasteiger charge is -2.41. The molecule has 2 fully saturated rings. The number of nitrogens with one attached hydrogen (secondary N) is 1. The number of pyridine rings is 1. The molecule has 0 saturated carbocycles. The normalized spacial score (nSPS) is 18.1. The van der Waals surface area contributed by atoms with Crippen LogP contribution in [0.4, 0.5) is 0 Å². The van der Waals surface area contributed by atoms with E-state index in [-0.39, 0.29) is 47.9 Å². The molecule has 1 atom stereocenters. The van der Waals surface area contributed by atoms with Crippen molar-refractivity contribution in [1.82, 2.24) is 24.1 Å². The highest BCUT2D eigenvalue weighted by molar-refractivity contribution is 7.89. The highest BCUT2D eigenvalue weighted by atomic mass is 32.2. The third kappa shape index (κ3) is 5.84. The monoisotopic (exact) mass is 620 g/mol. The summed E-state index contributed by atoms with van der Waals surface area (Å²) in [7, 11) is -3.98. The van der Waals surface area contributed by atoms with E-state index in [1.807, 2.05) is 0 Å². The van der Waals surface area contributed by atoms with Gasteiger partial charge >= 0.3 is 0 Å². The summed E-state index contributed by atoms with van der Waals surface area (Å²) in [5.74, 6) is 2.00. The molecule has 0 bridgehead atoms. The molecule has 0 spiro atoms. The number of piperazine rings is 1. The first-order valence-electron chi connectivity index (χ1n) is 13.6. The van der Waals surface area contributed by atoms with Gasteiger partial charge in [0.25, 0.3) is 15.9 Å². The number of aromatic nitrogens is 3. The summed E-state index contributed by atoms with van der Waals surface area (Å²) in [4.78, 5) is 38.3. The number of ether oxygens (including phenoxy) is 1. The van der Waals surface area contributed by atoms with Crippen molar-refractivity contribution in [3.8, 4) is 22.8 Å². The fourth-order valence-electron chi connectivity index (χ4n) is 5.31. The summed E-state index contributed by atoms with van der Waals surface area (Å²) >= 11 is 1.17. The van der Waals surface area contributed by atoms with Gasteiger partial charge in [-0.25, -0.2) is 13.4 Å². The number of hydrogen-bond acceptors (Lipinski definition) is 8. The maximum atomic E-state index is 13.8. The van der Waals surface area contributed by atoms with Crippen LogP contribution in [0, 0.1) is 17.6 Å². The Kier molecular flexibility index (Phi) is 7.89. The Morgan fingerprint density at radius 3 is 2.65 bits per heavy atom. The Morgan fingerprint density at radius 1 is 1.14 bits per heavy atom. The topological polar surface area (TPSA) is 143 Å². The first-order chi connectivity index (χ1) is 20.7. The molecule has 6 rings (SSSR count). The molecular formula is C29H28N6O6S2. The third-order valence-electron chi connectivity index (χ3n) is 7.64. The molecule has 0 radical (unpaired) electrons. The number of H-pyrrole nitrogens is 1. The van der Waals surface area contributed by atoms with Gasteiger partial charge in [-0.3, -0.25) is 9.59 Å². The minimum atomic E-state index is -3.98. The van der Waals surface area contributed by atoms with E-state index in [2.05, 4.69) is 15.9 Å². The van der Waals surface area contributed by atoms with Crippen LogP contribution in [0.15, 0.2) is 60.0 Å². The van der Waals surface area contributed by atoms with Gasteiger partial charge in [-0.2, -0.15) is 9.04 Å². The molecule has 2 aliphatic rings. The summed E-state index contributed by atoms with van der Waals surface area (Å²) in [6.07, 6.45) is 9.76. The zero-order chi connectivity index (χ0) is 30.1. The van der Waals surface area contributed by atoms with E-state index in [9.17, 15) is 23.2 Å². The van der Waals surface area contributed by atoms with Crippen molar-refractivity contribution in [2.45, 2.75) is 17.5 Å². The van der Waals surface area contributed by atoms with E-state index in [1.54, 1.807) is 52.4 Å². The van der Waals surface area contributed by atoms with Crippen molar-refractivity contribution in [2.24, 2.45) is 0 Å². The highest BCUT2D eigenvalue weighted by Gasteiger charge is 2.39. The Hall–Kier alpha value is -4.29. The van der Waals surface area contributed by atoms with Gasteiger partial charge in [0.05, 0.1) is 24.1 Å². The molecule has 1 unspecified atom stereocenters. The van der Waals surface area contributed by atoms with Crippen molar-refractivity contribution in [2.75, 3.05) is 45.9 Å². The number of aromatic amines is 1. The average Bonchev–Trinajstić information content (AvgIpc) is 3.69. The molecular weight excluding hydrogens is 592 g/mol. The van der Waals surface area contributed by atoms with Gasteiger partial charge in [0.1, 0.15) is 5.03 Å². The van der Waals surface area contributed by atoms with Crippen LogP contribution in [0.5, 0.6) is 0 Å². The number of rotatable bonds is 6.